The molecule has 0 aliphatic heterocycles. The predicted molar refractivity (Wildman–Crippen MR) is 90.2 cm³/mol. The SMILES string of the molecule is C[C@@H](CCS(C)(=O)=O)NC(=O)c1cc(Br)ccc1N.S. The van der Waals surface area contributed by atoms with Crippen molar-refractivity contribution in [2.24, 2.45) is 0 Å². The van der Waals surface area contributed by atoms with Gasteiger partial charge in [-0.25, -0.2) is 8.42 Å². The van der Waals surface area contributed by atoms with E-state index in [2.05, 4.69) is 21.2 Å². The average molecular weight is 383 g/mol. The van der Waals surface area contributed by atoms with Crippen LogP contribution in [-0.2, 0) is 9.84 Å². The van der Waals surface area contributed by atoms with Crippen molar-refractivity contribution < 1.29 is 13.2 Å². The Morgan fingerprint density at radius 1 is 1.45 bits per heavy atom. The van der Waals surface area contributed by atoms with Gasteiger partial charge in [-0.1, -0.05) is 15.9 Å². The molecule has 0 heterocycles. The average Bonchev–Trinajstić information content (AvgIpc) is 2.28. The molecule has 1 aromatic carbocycles. The van der Waals surface area contributed by atoms with Crippen LogP contribution in [0.3, 0.4) is 0 Å². The number of nitrogens with two attached hydrogens (primary N) is 1. The molecule has 114 valence electrons. The number of carbonyl (C=O) groups excluding carboxylic acids is 1. The van der Waals surface area contributed by atoms with Gasteiger partial charge >= 0.3 is 0 Å². The molecule has 5 nitrogen and oxygen atoms in total. The second-order valence-corrected chi connectivity index (χ2v) is 7.70. The lowest BCUT2D eigenvalue weighted by atomic mass is 10.1. The summed E-state index contributed by atoms with van der Waals surface area (Å²) in [7, 11) is -3.02. The fourth-order valence-corrected chi connectivity index (χ4v) is 2.63. The van der Waals surface area contributed by atoms with Gasteiger partial charge in [0.25, 0.3) is 5.91 Å². The van der Waals surface area contributed by atoms with E-state index in [0.29, 0.717) is 17.7 Å². The number of carbonyl (C=O) groups is 1. The number of nitrogen functional groups attached to an aromatic ring is 1. The quantitative estimate of drug-likeness (QED) is 0.758. The number of hydrogen-bond acceptors (Lipinski definition) is 4. The van der Waals surface area contributed by atoms with Gasteiger partial charge in [-0.05, 0) is 31.5 Å². The van der Waals surface area contributed by atoms with Crippen LogP contribution in [0.15, 0.2) is 22.7 Å². The molecule has 8 heteroatoms. The molecule has 0 aromatic heterocycles. The zero-order chi connectivity index (χ0) is 14.6. The van der Waals surface area contributed by atoms with Gasteiger partial charge in [-0.2, -0.15) is 13.5 Å². The number of halogens is 1. The first-order valence-electron chi connectivity index (χ1n) is 5.72. The molecule has 0 aliphatic carbocycles. The summed E-state index contributed by atoms with van der Waals surface area (Å²) in [4.78, 5) is 12.0. The minimum absolute atomic E-state index is 0. The van der Waals surface area contributed by atoms with E-state index in [9.17, 15) is 13.2 Å². The zero-order valence-corrected chi connectivity index (χ0v) is 14.7. The molecule has 0 fully saturated rings. The summed E-state index contributed by atoms with van der Waals surface area (Å²) in [6.07, 6.45) is 1.55. The second kappa shape index (κ2) is 7.90. The van der Waals surface area contributed by atoms with Crippen molar-refractivity contribution in [3.05, 3.63) is 28.2 Å². The van der Waals surface area contributed by atoms with Crippen molar-refractivity contribution in [3.8, 4) is 0 Å². The van der Waals surface area contributed by atoms with Gasteiger partial charge in [-0.15, -0.1) is 0 Å². The van der Waals surface area contributed by atoms with E-state index in [1.165, 1.54) is 6.26 Å². The third-order valence-corrected chi connectivity index (χ3v) is 4.03. The Morgan fingerprint density at radius 2 is 2.05 bits per heavy atom. The molecular weight excluding hydrogens is 364 g/mol. The van der Waals surface area contributed by atoms with Gasteiger partial charge in [0.2, 0.25) is 0 Å². The second-order valence-electron chi connectivity index (χ2n) is 4.52. The van der Waals surface area contributed by atoms with E-state index < -0.39 is 9.84 Å². The van der Waals surface area contributed by atoms with Gasteiger partial charge in [0.15, 0.2) is 0 Å². The first-order chi connectivity index (χ1) is 8.69. The maximum absolute atomic E-state index is 12.0. The van der Waals surface area contributed by atoms with E-state index in [1.807, 2.05) is 0 Å². The zero-order valence-electron chi connectivity index (χ0n) is 11.3. The Labute approximate surface area is 134 Å². The molecule has 1 atom stereocenters. The number of hydrogen-bond donors (Lipinski definition) is 2. The first-order valence-corrected chi connectivity index (χ1v) is 8.58. The molecule has 1 aromatic rings. The van der Waals surface area contributed by atoms with Gasteiger partial charge in [0.1, 0.15) is 9.84 Å². The van der Waals surface area contributed by atoms with Crippen molar-refractivity contribution in [1.29, 1.82) is 0 Å². The van der Waals surface area contributed by atoms with Gasteiger partial charge in [0, 0.05) is 22.5 Å². The summed E-state index contributed by atoms with van der Waals surface area (Å²) >= 11 is 3.27. The van der Waals surface area contributed by atoms with E-state index in [1.54, 1.807) is 25.1 Å². The highest BCUT2D eigenvalue weighted by Crippen LogP contribution is 2.18. The van der Waals surface area contributed by atoms with Gasteiger partial charge < -0.3 is 11.1 Å². The Balaban J connectivity index is 0.00000361. The topological polar surface area (TPSA) is 89.3 Å². The summed E-state index contributed by atoms with van der Waals surface area (Å²) in [6, 6.07) is 4.79. The van der Waals surface area contributed by atoms with E-state index in [0.717, 1.165) is 4.47 Å². The number of rotatable bonds is 5. The van der Waals surface area contributed by atoms with E-state index in [-0.39, 0.29) is 31.2 Å². The molecular formula is C12H19BrN2O3S2. The number of amides is 1. The molecule has 20 heavy (non-hydrogen) atoms. The van der Waals surface area contributed by atoms with E-state index >= 15 is 0 Å². The highest BCUT2D eigenvalue weighted by Gasteiger charge is 2.14. The van der Waals surface area contributed by atoms with Crippen molar-refractivity contribution in [2.45, 2.75) is 19.4 Å². The lowest BCUT2D eigenvalue weighted by Crippen LogP contribution is -2.34. The summed E-state index contributed by atoms with van der Waals surface area (Å²) in [5.74, 6) is -0.262. The third kappa shape index (κ3) is 6.62. The van der Waals surface area contributed by atoms with Gasteiger partial charge in [0.05, 0.1) is 11.3 Å². The van der Waals surface area contributed by atoms with Crippen molar-refractivity contribution in [2.75, 3.05) is 17.7 Å². The van der Waals surface area contributed by atoms with Crippen LogP contribution in [0.1, 0.15) is 23.7 Å². The van der Waals surface area contributed by atoms with Crippen molar-refractivity contribution in [3.63, 3.8) is 0 Å². The minimum atomic E-state index is -3.02. The number of benzene rings is 1. The molecule has 1 rings (SSSR count). The smallest absolute Gasteiger partial charge is 0.253 e. The summed E-state index contributed by atoms with van der Waals surface area (Å²) in [5.41, 5.74) is 6.49. The fourth-order valence-electron chi connectivity index (χ4n) is 1.49. The number of anilines is 1. The van der Waals surface area contributed by atoms with Crippen LogP contribution >= 0.6 is 29.4 Å². The van der Waals surface area contributed by atoms with Crippen LogP contribution in [0.4, 0.5) is 5.69 Å². The lowest BCUT2D eigenvalue weighted by molar-refractivity contribution is 0.0940. The standard InChI is InChI=1S/C12H17BrN2O3S.H2S/c1-8(5-6-19(2,17)18)15-12(16)10-7-9(13)3-4-11(10)14;/h3-4,7-8H,5-6,14H2,1-2H3,(H,15,16);1H2/t8-;/m0./s1. The Morgan fingerprint density at radius 3 is 2.60 bits per heavy atom. The summed E-state index contributed by atoms with van der Waals surface area (Å²) in [6.45, 7) is 1.76. The summed E-state index contributed by atoms with van der Waals surface area (Å²) in [5, 5.41) is 2.73. The Kier molecular flexibility index (Phi) is 7.61. The molecule has 0 spiro atoms. The molecule has 3 N–H and O–H groups in total. The molecule has 0 unspecified atom stereocenters. The largest absolute Gasteiger partial charge is 0.398 e. The number of sulfone groups is 1. The number of nitrogens with one attached hydrogen (secondary N) is 1. The molecule has 0 radical (unpaired) electrons. The van der Waals surface area contributed by atoms with Crippen LogP contribution in [0, 0.1) is 0 Å². The predicted octanol–water partition coefficient (Wildman–Crippen LogP) is 1.70. The molecule has 0 bridgehead atoms. The highest BCUT2D eigenvalue weighted by molar-refractivity contribution is 9.10. The van der Waals surface area contributed by atoms with Crippen LogP contribution < -0.4 is 11.1 Å². The normalized spacial score (nSPS) is 12.3. The highest BCUT2D eigenvalue weighted by atomic mass is 79.9. The maximum atomic E-state index is 12.0. The molecule has 0 saturated carbocycles. The first kappa shape index (κ1) is 19.3. The summed E-state index contributed by atoms with van der Waals surface area (Å²) < 4.78 is 22.9. The monoisotopic (exact) mass is 382 g/mol. The fraction of sp³-hybridized carbons (Fsp3) is 0.417. The van der Waals surface area contributed by atoms with Crippen molar-refractivity contribution >= 4 is 50.9 Å². The maximum Gasteiger partial charge on any atom is 0.253 e. The molecule has 1 amide bonds. The Bertz CT molecular complexity index is 576. The lowest BCUT2D eigenvalue weighted by Gasteiger charge is -2.14. The van der Waals surface area contributed by atoms with Crippen LogP contribution in [-0.4, -0.2) is 32.4 Å². The van der Waals surface area contributed by atoms with Crippen LogP contribution in [0.25, 0.3) is 0 Å². The Hall–Kier alpha value is -0.730. The third-order valence-electron chi connectivity index (χ3n) is 2.56. The van der Waals surface area contributed by atoms with Gasteiger partial charge in [-0.3, -0.25) is 4.79 Å². The molecule has 0 aliphatic rings. The van der Waals surface area contributed by atoms with Crippen molar-refractivity contribution in [1.82, 2.24) is 5.32 Å². The van der Waals surface area contributed by atoms with Crippen LogP contribution in [0.5, 0.6) is 0 Å². The van der Waals surface area contributed by atoms with E-state index in [4.69, 9.17) is 5.73 Å². The minimum Gasteiger partial charge on any atom is -0.398 e. The molecule has 0 saturated heterocycles. The van der Waals surface area contributed by atoms with Crippen LogP contribution in [0.2, 0.25) is 0 Å².